The Labute approximate surface area is 182 Å². The quantitative estimate of drug-likeness (QED) is 0.242. The molecule has 1 aromatic rings. The topological polar surface area (TPSA) is 9.23 Å². The Morgan fingerprint density at radius 2 is 1.21 bits per heavy atom. The van der Waals surface area contributed by atoms with Crippen molar-refractivity contribution in [2.75, 3.05) is 0 Å². The van der Waals surface area contributed by atoms with Crippen LogP contribution in [0.1, 0.15) is 85.6 Å². The van der Waals surface area contributed by atoms with E-state index in [0.717, 1.165) is 6.61 Å². The average molecular weight is 511 g/mol. The Kier molecular flexibility index (Phi) is 11.4. The van der Waals surface area contributed by atoms with Crippen molar-refractivity contribution < 1.29 is 4.43 Å². The van der Waals surface area contributed by atoms with Crippen molar-refractivity contribution in [3.8, 4) is 0 Å². The average Bonchev–Trinajstić information content (AvgIpc) is 2.66. The van der Waals surface area contributed by atoms with Crippen LogP contribution in [0.2, 0.25) is 31.4 Å². The molecule has 1 aromatic carbocycles. The first-order chi connectivity index (χ1) is 13.1. The van der Waals surface area contributed by atoms with Crippen LogP contribution in [0.15, 0.2) is 24.3 Å². The van der Waals surface area contributed by atoms with Crippen LogP contribution in [0.25, 0.3) is 0 Å². The standard InChI is InChI=1S/C13H21OSi.3C4H9.Sn/c1-13(2,3)15(4,5)14-11-12-9-7-6-8-10-12;3*1-3-4-2;/h7-10H,11H2,1-5H3;3*1,3-4H2,2H3;. The van der Waals surface area contributed by atoms with Gasteiger partial charge in [0.1, 0.15) is 0 Å². The molecule has 0 spiro atoms. The van der Waals surface area contributed by atoms with Crippen LogP contribution >= 0.6 is 0 Å². The molecule has 0 unspecified atom stereocenters. The van der Waals surface area contributed by atoms with Crippen LogP contribution in [0.3, 0.4) is 0 Å². The molecule has 0 amide bonds. The maximum atomic E-state index is 6.46. The second-order valence-electron chi connectivity index (χ2n) is 10.3. The molecule has 0 aliphatic carbocycles. The van der Waals surface area contributed by atoms with Crippen LogP contribution in [-0.4, -0.2) is 26.7 Å². The molecule has 0 atom stereocenters. The van der Waals surface area contributed by atoms with Gasteiger partial charge in [0.05, 0.1) is 0 Å². The zero-order valence-electron chi connectivity index (χ0n) is 20.3. The van der Waals surface area contributed by atoms with Crippen molar-refractivity contribution in [3.63, 3.8) is 0 Å². The van der Waals surface area contributed by atoms with E-state index >= 15 is 0 Å². The number of rotatable bonds is 13. The van der Waals surface area contributed by atoms with Crippen LogP contribution in [-0.2, 0) is 11.0 Å². The molecule has 0 aliphatic rings. The van der Waals surface area contributed by atoms with E-state index in [0.29, 0.717) is 0 Å². The fraction of sp³-hybridized carbons (Fsp3) is 0.760. The maximum absolute atomic E-state index is 6.46. The minimum absolute atomic E-state index is 0.277. The SMILES string of the molecule is CCC[CH2][Sn]([CH2]CCC)([CH2]CCC)[c]1ccc(CO[Si](C)(C)C(C)(C)C)cc1. The molecule has 0 aliphatic heterocycles. The summed E-state index contributed by atoms with van der Waals surface area (Å²) in [4.78, 5) is 0. The molecular weight excluding hydrogens is 463 g/mol. The third-order valence-corrected chi connectivity index (χ3v) is 27.1. The second kappa shape index (κ2) is 12.1. The van der Waals surface area contributed by atoms with E-state index < -0.39 is 26.7 Å². The molecule has 1 nitrogen and oxygen atoms in total. The van der Waals surface area contributed by atoms with Gasteiger partial charge < -0.3 is 0 Å². The van der Waals surface area contributed by atoms with Crippen LogP contribution in [0.4, 0.5) is 0 Å². The zero-order chi connectivity index (χ0) is 21.3. The first kappa shape index (κ1) is 26.2. The van der Waals surface area contributed by atoms with Gasteiger partial charge in [-0.15, -0.1) is 0 Å². The van der Waals surface area contributed by atoms with Gasteiger partial charge in [-0.25, -0.2) is 0 Å². The Morgan fingerprint density at radius 3 is 1.57 bits per heavy atom. The molecule has 0 N–H and O–H groups in total. The number of hydrogen-bond donors (Lipinski definition) is 0. The molecule has 0 aromatic heterocycles. The Morgan fingerprint density at radius 1 is 0.786 bits per heavy atom. The second-order valence-corrected chi connectivity index (χ2v) is 28.4. The van der Waals surface area contributed by atoms with E-state index in [2.05, 4.69) is 78.9 Å². The fourth-order valence-corrected chi connectivity index (χ4v) is 20.7. The summed E-state index contributed by atoms with van der Waals surface area (Å²) < 4.78 is 12.9. The van der Waals surface area contributed by atoms with Gasteiger partial charge in [-0.05, 0) is 0 Å². The number of benzene rings is 1. The summed E-state index contributed by atoms with van der Waals surface area (Å²) in [5, 5.41) is 0.277. The molecule has 1 rings (SSSR count). The fourth-order valence-electron chi connectivity index (χ4n) is 3.79. The molecule has 0 saturated heterocycles. The van der Waals surface area contributed by atoms with Gasteiger partial charge in [-0.3, -0.25) is 0 Å². The van der Waals surface area contributed by atoms with E-state index in [-0.39, 0.29) is 5.04 Å². The van der Waals surface area contributed by atoms with Gasteiger partial charge in [-0.1, -0.05) is 0 Å². The summed E-state index contributed by atoms with van der Waals surface area (Å²) in [6, 6.07) is 9.80. The Hall–Kier alpha value is 0.196. The minimum atomic E-state index is -2.28. The van der Waals surface area contributed by atoms with Crippen molar-refractivity contribution in [2.45, 2.75) is 118 Å². The summed E-state index contributed by atoms with van der Waals surface area (Å²) in [5.74, 6) is 0. The van der Waals surface area contributed by atoms with E-state index in [4.69, 9.17) is 4.43 Å². The molecule has 162 valence electrons. The van der Waals surface area contributed by atoms with Crippen molar-refractivity contribution in [1.82, 2.24) is 0 Å². The Balaban J connectivity index is 2.99. The summed E-state index contributed by atoms with van der Waals surface area (Å²) in [6.45, 7) is 19.5. The van der Waals surface area contributed by atoms with E-state index in [1.165, 1.54) is 44.1 Å². The predicted molar refractivity (Wildman–Crippen MR) is 133 cm³/mol. The molecule has 3 heteroatoms. The third kappa shape index (κ3) is 7.79. The van der Waals surface area contributed by atoms with E-state index in [9.17, 15) is 0 Å². The molecule has 0 saturated carbocycles. The van der Waals surface area contributed by atoms with Gasteiger partial charge in [-0.2, -0.15) is 0 Å². The summed E-state index contributed by atoms with van der Waals surface area (Å²) in [7, 11) is -1.68. The number of unbranched alkanes of at least 4 members (excludes halogenated alkanes) is 3. The van der Waals surface area contributed by atoms with Crippen molar-refractivity contribution in [3.05, 3.63) is 29.8 Å². The van der Waals surface area contributed by atoms with Crippen molar-refractivity contribution in [2.24, 2.45) is 0 Å². The molecular formula is C25H48OSiSn. The first-order valence-electron chi connectivity index (χ1n) is 11.8. The molecule has 0 heterocycles. The van der Waals surface area contributed by atoms with Gasteiger partial charge in [0.2, 0.25) is 0 Å². The van der Waals surface area contributed by atoms with Gasteiger partial charge >= 0.3 is 183 Å². The summed E-state index contributed by atoms with van der Waals surface area (Å²) >= 11 is -2.28. The predicted octanol–water partition coefficient (Wildman–Crippen LogP) is 8.26. The molecule has 28 heavy (non-hydrogen) atoms. The Bertz CT molecular complexity index is 523. The van der Waals surface area contributed by atoms with Crippen molar-refractivity contribution >= 4 is 30.3 Å². The molecule has 0 radical (unpaired) electrons. The molecule has 0 fully saturated rings. The van der Waals surface area contributed by atoms with Crippen LogP contribution < -0.4 is 3.58 Å². The molecule has 0 bridgehead atoms. The van der Waals surface area contributed by atoms with Crippen molar-refractivity contribution in [1.29, 1.82) is 0 Å². The number of hydrogen-bond acceptors (Lipinski definition) is 1. The van der Waals surface area contributed by atoms with Crippen LogP contribution in [0, 0.1) is 0 Å². The first-order valence-corrected chi connectivity index (χ1v) is 22.2. The normalized spacial score (nSPS) is 13.1. The summed E-state index contributed by atoms with van der Waals surface area (Å²) in [5.41, 5.74) is 1.36. The third-order valence-electron chi connectivity index (χ3n) is 7.00. The van der Waals surface area contributed by atoms with Gasteiger partial charge in [0, 0.05) is 0 Å². The summed E-state index contributed by atoms with van der Waals surface area (Å²) in [6.07, 6.45) is 8.32. The van der Waals surface area contributed by atoms with Crippen LogP contribution in [0.5, 0.6) is 0 Å². The monoisotopic (exact) mass is 512 g/mol. The van der Waals surface area contributed by atoms with E-state index in [1.807, 2.05) is 0 Å². The van der Waals surface area contributed by atoms with Gasteiger partial charge in [0.25, 0.3) is 0 Å². The zero-order valence-corrected chi connectivity index (χ0v) is 24.1. The van der Waals surface area contributed by atoms with Gasteiger partial charge in [0.15, 0.2) is 0 Å². The van der Waals surface area contributed by atoms with E-state index in [1.54, 1.807) is 16.9 Å².